The number of carbonyl (C=O) groups is 3. The molecule has 156 valence electrons. The zero-order valence-corrected chi connectivity index (χ0v) is 17.6. The Balaban J connectivity index is 1.87. The van der Waals surface area contributed by atoms with Crippen LogP contribution in [0.2, 0.25) is 0 Å². The molecule has 0 saturated carbocycles. The highest BCUT2D eigenvalue weighted by Gasteiger charge is 2.33. The van der Waals surface area contributed by atoms with E-state index in [-0.39, 0.29) is 18.1 Å². The topological polar surface area (TPSA) is 77.8 Å². The number of ether oxygens (including phenoxy) is 2. The largest absolute Gasteiger partial charge is 0.463 e. The first-order valence-corrected chi connectivity index (χ1v) is 9.82. The number of piperidine rings is 1. The molecule has 1 saturated heterocycles. The van der Waals surface area contributed by atoms with Crippen LogP contribution < -0.4 is 0 Å². The van der Waals surface area contributed by atoms with Crippen molar-refractivity contribution in [2.24, 2.45) is 5.92 Å². The lowest BCUT2D eigenvalue weighted by atomic mass is 9.93. The van der Waals surface area contributed by atoms with Gasteiger partial charge < -0.3 is 18.9 Å². The van der Waals surface area contributed by atoms with Crippen molar-refractivity contribution in [1.82, 2.24) is 9.47 Å². The molecule has 7 heteroatoms. The Hall–Kier alpha value is -2.83. The molecule has 1 aliphatic heterocycles. The molecule has 0 spiro atoms. The predicted molar refractivity (Wildman–Crippen MR) is 109 cm³/mol. The van der Waals surface area contributed by atoms with Crippen LogP contribution in [-0.4, -0.2) is 53.1 Å². The SMILES string of the molecule is COC(=O)C(=O)c1cn(C2CCN(C(=O)OC(C)(C)C)CC2C)c2ccccc12. The van der Waals surface area contributed by atoms with Crippen molar-refractivity contribution in [2.75, 3.05) is 20.2 Å². The molecule has 29 heavy (non-hydrogen) atoms. The zero-order valence-electron chi connectivity index (χ0n) is 17.6. The number of para-hydroxylation sites is 1. The number of hydrogen-bond acceptors (Lipinski definition) is 5. The van der Waals surface area contributed by atoms with E-state index in [0.717, 1.165) is 17.3 Å². The highest BCUT2D eigenvalue weighted by molar-refractivity contribution is 6.43. The number of fused-ring (bicyclic) bond motifs is 1. The minimum absolute atomic E-state index is 0.0952. The first-order valence-electron chi connectivity index (χ1n) is 9.82. The van der Waals surface area contributed by atoms with E-state index in [1.165, 1.54) is 7.11 Å². The molecule has 0 N–H and O–H groups in total. The van der Waals surface area contributed by atoms with Gasteiger partial charge in [-0.15, -0.1) is 0 Å². The fourth-order valence-corrected chi connectivity index (χ4v) is 3.90. The van der Waals surface area contributed by atoms with E-state index in [4.69, 9.17) is 4.74 Å². The van der Waals surface area contributed by atoms with Crippen molar-refractivity contribution < 1.29 is 23.9 Å². The molecule has 7 nitrogen and oxygen atoms in total. The Morgan fingerprint density at radius 1 is 1.14 bits per heavy atom. The van der Waals surface area contributed by atoms with Crippen molar-refractivity contribution >= 4 is 28.7 Å². The maximum atomic E-state index is 12.5. The maximum absolute atomic E-state index is 12.5. The fraction of sp³-hybridized carbons (Fsp3) is 0.500. The van der Waals surface area contributed by atoms with E-state index in [1.54, 1.807) is 11.1 Å². The van der Waals surface area contributed by atoms with Gasteiger partial charge in [0.15, 0.2) is 0 Å². The summed E-state index contributed by atoms with van der Waals surface area (Å²) in [5.41, 5.74) is 0.702. The Morgan fingerprint density at radius 3 is 2.45 bits per heavy atom. The van der Waals surface area contributed by atoms with Gasteiger partial charge in [0.05, 0.1) is 12.7 Å². The molecule has 1 aromatic heterocycles. The van der Waals surface area contributed by atoms with Gasteiger partial charge in [0.2, 0.25) is 0 Å². The number of benzene rings is 1. The smallest absolute Gasteiger partial charge is 0.410 e. The molecule has 2 atom stereocenters. The molecule has 3 rings (SSSR count). The number of ketones is 1. The number of nitrogens with zero attached hydrogens (tertiary/aromatic N) is 2. The number of Topliss-reactive ketones (excluding diaryl/α,β-unsaturated/α-hetero) is 1. The molecule has 0 radical (unpaired) electrons. The summed E-state index contributed by atoms with van der Waals surface area (Å²) < 4.78 is 12.2. The van der Waals surface area contributed by atoms with Gasteiger partial charge in [-0.1, -0.05) is 25.1 Å². The van der Waals surface area contributed by atoms with Crippen molar-refractivity contribution in [2.45, 2.75) is 45.8 Å². The standard InChI is InChI=1S/C22H28N2O5/c1-14-12-23(21(27)29-22(2,3)4)11-10-17(14)24-13-16(19(25)20(26)28-5)15-8-6-7-9-18(15)24/h6-9,13-14,17H,10-12H2,1-5H3. The normalized spacial score (nSPS) is 19.8. The molecular weight excluding hydrogens is 372 g/mol. The van der Waals surface area contributed by atoms with Crippen LogP contribution in [0.3, 0.4) is 0 Å². The van der Waals surface area contributed by atoms with E-state index in [9.17, 15) is 14.4 Å². The second-order valence-electron chi connectivity index (χ2n) is 8.55. The van der Waals surface area contributed by atoms with Gasteiger partial charge >= 0.3 is 12.1 Å². The number of esters is 1. The van der Waals surface area contributed by atoms with Gasteiger partial charge in [-0.25, -0.2) is 9.59 Å². The number of hydrogen-bond donors (Lipinski definition) is 0. The minimum Gasteiger partial charge on any atom is -0.463 e. The predicted octanol–water partition coefficient (Wildman–Crippen LogP) is 3.82. The molecule has 2 aromatic rings. The van der Waals surface area contributed by atoms with Gasteiger partial charge in [0, 0.05) is 36.2 Å². The van der Waals surface area contributed by atoms with Crippen LogP contribution in [0.4, 0.5) is 4.79 Å². The van der Waals surface area contributed by atoms with Gasteiger partial charge in [0.25, 0.3) is 5.78 Å². The number of rotatable bonds is 3. The lowest BCUT2D eigenvalue weighted by Crippen LogP contribution is -2.45. The number of methoxy groups -OCH3 is 1. The Kier molecular flexibility index (Phi) is 5.68. The molecule has 1 fully saturated rings. The third kappa shape index (κ3) is 4.28. The Morgan fingerprint density at radius 2 is 1.83 bits per heavy atom. The van der Waals surface area contributed by atoms with Gasteiger partial charge in [0.1, 0.15) is 5.60 Å². The van der Waals surface area contributed by atoms with Crippen LogP contribution in [0.25, 0.3) is 10.9 Å². The minimum atomic E-state index is -0.874. The fourth-order valence-electron chi connectivity index (χ4n) is 3.90. The van der Waals surface area contributed by atoms with E-state index >= 15 is 0 Å². The lowest BCUT2D eigenvalue weighted by Gasteiger charge is -2.38. The van der Waals surface area contributed by atoms with Crippen LogP contribution in [0.1, 0.15) is 50.5 Å². The third-order valence-corrected chi connectivity index (χ3v) is 5.22. The van der Waals surface area contributed by atoms with Crippen LogP contribution >= 0.6 is 0 Å². The molecule has 2 heterocycles. The highest BCUT2D eigenvalue weighted by atomic mass is 16.6. The summed E-state index contributed by atoms with van der Waals surface area (Å²) in [6.07, 6.45) is 2.17. The number of amides is 1. The Labute approximate surface area is 170 Å². The molecular formula is C22H28N2O5. The second-order valence-corrected chi connectivity index (χ2v) is 8.55. The summed E-state index contributed by atoms with van der Waals surface area (Å²) in [7, 11) is 1.20. The summed E-state index contributed by atoms with van der Waals surface area (Å²) in [4.78, 5) is 38.4. The van der Waals surface area contributed by atoms with Crippen molar-refractivity contribution in [3.05, 3.63) is 36.0 Å². The van der Waals surface area contributed by atoms with Gasteiger partial charge in [-0.05, 0) is 39.2 Å². The molecule has 0 bridgehead atoms. The second kappa shape index (κ2) is 7.89. The van der Waals surface area contributed by atoms with Gasteiger partial charge in [-0.3, -0.25) is 4.79 Å². The Bertz CT molecular complexity index is 940. The summed E-state index contributed by atoms with van der Waals surface area (Å²) in [6.45, 7) is 8.77. The van der Waals surface area contributed by atoms with Crippen molar-refractivity contribution in [3.63, 3.8) is 0 Å². The highest BCUT2D eigenvalue weighted by Crippen LogP contribution is 2.34. The van der Waals surface area contributed by atoms with E-state index in [2.05, 4.69) is 16.2 Å². The average molecular weight is 400 g/mol. The summed E-state index contributed by atoms with van der Waals surface area (Å²) in [6, 6.07) is 7.62. The van der Waals surface area contributed by atoms with Crippen LogP contribution in [0.15, 0.2) is 30.5 Å². The molecule has 1 amide bonds. The van der Waals surface area contributed by atoms with Gasteiger partial charge in [-0.2, -0.15) is 0 Å². The van der Waals surface area contributed by atoms with Crippen LogP contribution in [0.5, 0.6) is 0 Å². The quantitative estimate of drug-likeness (QED) is 0.445. The van der Waals surface area contributed by atoms with E-state index < -0.39 is 17.4 Å². The monoisotopic (exact) mass is 400 g/mol. The van der Waals surface area contributed by atoms with Crippen LogP contribution in [0, 0.1) is 5.92 Å². The zero-order chi connectivity index (χ0) is 21.3. The number of likely N-dealkylation sites (tertiary alicyclic amines) is 1. The first-order chi connectivity index (χ1) is 13.6. The molecule has 0 aliphatic carbocycles. The molecule has 2 unspecified atom stereocenters. The summed E-state index contributed by atoms with van der Waals surface area (Å²) in [5.74, 6) is -1.38. The van der Waals surface area contributed by atoms with E-state index in [1.807, 2.05) is 45.0 Å². The lowest BCUT2D eigenvalue weighted by molar-refractivity contribution is -0.135. The third-order valence-electron chi connectivity index (χ3n) is 5.22. The van der Waals surface area contributed by atoms with E-state index in [0.29, 0.717) is 18.7 Å². The maximum Gasteiger partial charge on any atom is 0.410 e. The first kappa shape index (κ1) is 20.9. The average Bonchev–Trinajstić information content (AvgIpc) is 3.04. The number of aromatic nitrogens is 1. The molecule has 1 aliphatic rings. The summed E-state index contributed by atoms with van der Waals surface area (Å²) >= 11 is 0. The summed E-state index contributed by atoms with van der Waals surface area (Å²) in [5, 5.41) is 0.727. The van der Waals surface area contributed by atoms with Crippen molar-refractivity contribution in [1.29, 1.82) is 0 Å². The van der Waals surface area contributed by atoms with Crippen molar-refractivity contribution in [3.8, 4) is 0 Å². The number of carbonyl (C=O) groups excluding carboxylic acids is 3. The molecule has 1 aromatic carbocycles. The van der Waals surface area contributed by atoms with Crippen LogP contribution in [-0.2, 0) is 14.3 Å².